The zero-order valence-corrected chi connectivity index (χ0v) is 6.49. The van der Waals surface area contributed by atoms with Crippen molar-refractivity contribution in [3.63, 3.8) is 0 Å². The Morgan fingerprint density at radius 1 is 1.50 bits per heavy atom. The van der Waals surface area contributed by atoms with E-state index in [4.69, 9.17) is 23.2 Å². The molecule has 4 heteroatoms. The average Bonchev–Trinajstić information content (AvgIpc) is 1.88. The van der Waals surface area contributed by atoms with Gasteiger partial charge in [0.05, 0.1) is 17.1 Å². The quantitative estimate of drug-likeness (QED) is 0.606. The highest BCUT2D eigenvalue weighted by Crippen LogP contribution is 2.25. The molecule has 0 spiro atoms. The van der Waals surface area contributed by atoms with Crippen molar-refractivity contribution < 1.29 is 5.11 Å². The molecule has 0 aliphatic heterocycles. The molecule has 53 valence electrons. The molecule has 1 rings (SSSR count). The van der Waals surface area contributed by atoms with Crippen molar-refractivity contribution in [2.75, 3.05) is 0 Å². The number of nitrogens with zero attached hydrogens (tertiary/aromatic N) is 1. The standard InChI is InChI=1S/C6H4Cl2NO/c7-1-4-5(8)2-9-3-6(4)10/h2-3H,1H2. The molecule has 0 fully saturated rings. The highest BCUT2D eigenvalue weighted by Gasteiger charge is 2.05. The van der Waals surface area contributed by atoms with E-state index < -0.39 is 0 Å². The molecule has 0 atom stereocenters. The molecule has 0 aliphatic carbocycles. The fraction of sp³-hybridized carbons (Fsp3) is 0.167. The van der Waals surface area contributed by atoms with Gasteiger partial charge in [-0.15, -0.1) is 11.6 Å². The van der Waals surface area contributed by atoms with Crippen LogP contribution < -0.4 is 0 Å². The number of hydrogen-bond donors (Lipinski definition) is 0. The number of hydrogen-bond acceptors (Lipinski definition) is 1. The fourth-order valence-corrected chi connectivity index (χ4v) is 1.13. The van der Waals surface area contributed by atoms with Crippen molar-refractivity contribution in [3.05, 3.63) is 23.0 Å². The fourth-order valence-electron chi connectivity index (χ4n) is 0.574. The highest BCUT2D eigenvalue weighted by atomic mass is 35.5. The van der Waals surface area contributed by atoms with Crippen molar-refractivity contribution in [2.24, 2.45) is 0 Å². The zero-order chi connectivity index (χ0) is 7.56. The molecule has 0 saturated carbocycles. The number of pyridine rings is 1. The molecule has 0 saturated heterocycles. The number of rotatable bonds is 1. The first-order valence-electron chi connectivity index (χ1n) is 2.61. The number of halogens is 2. The normalized spacial score (nSPS) is 9.80. The molecular weight excluding hydrogens is 173 g/mol. The predicted octanol–water partition coefficient (Wildman–Crippen LogP) is 2.62. The Balaban J connectivity index is 3.17. The SMILES string of the molecule is [O]c1cncc(Cl)c1CCl. The molecular formula is C6H4Cl2NO. The molecule has 1 heterocycles. The van der Waals surface area contributed by atoms with Gasteiger partial charge >= 0.3 is 0 Å². The molecule has 0 bridgehead atoms. The van der Waals surface area contributed by atoms with E-state index in [0.717, 1.165) is 0 Å². The van der Waals surface area contributed by atoms with Gasteiger partial charge in [-0.3, -0.25) is 10.1 Å². The van der Waals surface area contributed by atoms with Crippen LogP contribution in [0.4, 0.5) is 0 Å². The molecule has 0 N–H and O–H groups in total. The minimum atomic E-state index is -0.206. The van der Waals surface area contributed by atoms with Gasteiger partial charge in [0.1, 0.15) is 0 Å². The third-order valence-corrected chi connectivity index (χ3v) is 1.69. The first kappa shape index (κ1) is 7.63. The van der Waals surface area contributed by atoms with Gasteiger partial charge in [0.25, 0.3) is 0 Å². The topological polar surface area (TPSA) is 32.8 Å². The molecule has 0 amide bonds. The molecule has 1 radical (unpaired) electrons. The second-order valence-corrected chi connectivity index (χ2v) is 2.41. The van der Waals surface area contributed by atoms with Gasteiger partial charge in [-0.25, -0.2) is 0 Å². The van der Waals surface area contributed by atoms with Gasteiger partial charge in [-0.2, -0.15) is 0 Å². The Hall–Kier alpha value is -0.470. The van der Waals surface area contributed by atoms with Crippen LogP contribution in [0.15, 0.2) is 12.4 Å². The van der Waals surface area contributed by atoms with Crippen LogP contribution in [0.25, 0.3) is 0 Å². The van der Waals surface area contributed by atoms with Crippen LogP contribution in [0.5, 0.6) is 5.75 Å². The monoisotopic (exact) mass is 176 g/mol. The van der Waals surface area contributed by atoms with Crippen molar-refractivity contribution >= 4 is 23.2 Å². The van der Waals surface area contributed by atoms with E-state index in [1.807, 2.05) is 0 Å². The Morgan fingerprint density at radius 2 is 2.20 bits per heavy atom. The van der Waals surface area contributed by atoms with E-state index in [0.29, 0.717) is 10.6 Å². The van der Waals surface area contributed by atoms with Crippen LogP contribution in [0, 0.1) is 0 Å². The number of aromatic nitrogens is 1. The Morgan fingerprint density at radius 3 is 2.60 bits per heavy atom. The summed E-state index contributed by atoms with van der Waals surface area (Å²) in [7, 11) is 0. The minimum absolute atomic E-state index is 0.139. The Kier molecular flexibility index (Phi) is 2.35. The lowest BCUT2D eigenvalue weighted by Gasteiger charge is -1.97. The summed E-state index contributed by atoms with van der Waals surface area (Å²) in [5.41, 5.74) is 0.415. The van der Waals surface area contributed by atoms with E-state index in [9.17, 15) is 5.11 Å². The summed E-state index contributed by atoms with van der Waals surface area (Å²) in [5, 5.41) is 11.2. The number of alkyl halides is 1. The molecule has 2 nitrogen and oxygen atoms in total. The van der Waals surface area contributed by atoms with Gasteiger partial charge in [0.15, 0.2) is 0 Å². The van der Waals surface area contributed by atoms with Gasteiger partial charge in [0, 0.05) is 11.8 Å². The second-order valence-electron chi connectivity index (χ2n) is 1.73. The lowest BCUT2D eigenvalue weighted by atomic mass is 10.3. The third kappa shape index (κ3) is 1.33. The third-order valence-electron chi connectivity index (χ3n) is 1.10. The van der Waals surface area contributed by atoms with Crippen LogP contribution in [0.3, 0.4) is 0 Å². The summed E-state index contributed by atoms with van der Waals surface area (Å²) in [6, 6.07) is 0. The Labute approximate surface area is 68.4 Å². The molecule has 0 aliphatic rings. The maximum Gasteiger partial charge on any atom is 0.202 e. The average molecular weight is 177 g/mol. The summed E-state index contributed by atoms with van der Waals surface area (Å²) in [6.45, 7) is 0. The van der Waals surface area contributed by atoms with Crippen molar-refractivity contribution in [2.45, 2.75) is 5.88 Å². The van der Waals surface area contributed by atoms with Crippen molar-refractivity contribution in [1.82, 2.24) is 4.98 Å². The van der Waals surface area contributed by atoms with Crippen LogP contribution in [0.1, 0.15) is 5.56 Å². The lowest BCUT2D eigenvalue weighted by Crippen LogP contribution is -1.81. The van der Waals surface area contributed by atoms with Crippen LogP contribution in [-0.2, 0) is 11.0 Å². The lowest BCUT2D eigenvalue weighted by molar-refractivity contribution is 0.349. The van der Waals surface area contributed by atoms with Crippen LogP contribution in [0.2, 0.25) is 5.02 Å². The largest absolute Gasteiger partial charge is 0.288 e. The molecule has 0 aromatic carbocycles. The second kappa shape index (κ2) is 3.08. The molecule has 10 heavy (non-hydrogen) atoms. The van der Waals surface area contributed by atoms with Gasteiger partial charge < -0.3 is 0 Å². The van der Waals surface area contributed by atoms with Gasteiger partial charge in [-0.05, 0) is 0 Å². The predicted molar refractivity (Wildman–Crippen MR) is 38.9 cm³/mol. The smallest absolute Gasteiger partial charge is 0.202 e. The van der Waals surface area contributed by atoms with Crippen LogP contribution >= 0.6 is 23.2 Å². The summed E-state index contributed by atoms with van der Waals surface area (Å²) in [4.78, 5) is 3.59. The Bertz CT molecular complexity index is 219. The summed E-state index contributed by atoms with van der Waals surface area (Å²) in [5.74, 6) is -0.0669. The minimum Gasteiger partial charge on any atom is -0.288 e. The summed E-state index contributed by atoms with van der Waals surface area (Å²) >= 11 is 11.0. The molecule has 1 aromatic heterocycles. The van der Waals surface area contributed by atoms with E-state index in [1.54, 1.807) is 0 Å². The van der Waals surface area contributed by atoms with Crippen molar-refractivity contribution in [1.29, 1.82) is 0 Å². The summed E-state index contributed by atoms with van der Waals surface area (Å²) < 4.78 is 0. The van der Waals surface area contributed by atoms with E-state index in [1.165, 1.54) is 12.4 Å². The van der Waals surface area contributed by atoms with Gasteiger partial charge in [0.2, 0.25) is 5.75 Å². The first-order chi connectivity index (χ1) is 4.75. The van der Waals surface area contributed by atoms with E-state index in [-0.39, 0.29) is 11.6 Å². The van der Waals surface area contributed by atoms with Crippen LogP contribution in [-0.4, -0.2) is 4.98 Å². The maximum absolute atomic E-state index is 10.8. The first-order valence-corrected chi connectivity index (χ1v) is 3.52. The van der Waals surface area contributed by atoms with E-state index in [2.05, 4.69) is 4.98 Å². The summed E-state index contributed by atoms with van der Waals surface area (Å²) in [6.07, 6.45) is 2.60. The maximum atomic E-state index is 10.8. The molecule has 1 aromatic rings. The van der Waals surface area contributed by atoms with E-state index >= 15 is 0 Å². The molecule has 0 unspecified atom stereocenters. The van der Waals surface area contributed by atoms with Gasteiger partial charge in [-0.1, -0.05) is 11.6 Å². The zero-order valence-electron chi connectivity index (χ0n) is 4.97. The van der Waals surface area contributed by atoms with Crippen molar-refractivity contribution in [3.8, 4) is 5.75 Å². The highest BCUT2D eigenvalue weighted by molar-refractivity contribution is 6.32.